The van der Waals surface area contributed by atoms with Gasteiger partial charge in [0.2, 0.25) is 0 Å². The number of aliphatic carboxylic acids is 5. The lowest BCUT2D eigenvalue weighted by Gasteiger charge is -2.49. The summed E-state index contributed by atoms with van der Waals surface area (Å²) in [4.78, 5) is 60.5. The molecule has 35 heavy (non-hydrogen) atoms. The molecular weight excluding hydrogens is 460 g/mol. The van der Waals surface area contributed by atoms with E-state index in [1.807, 2.05) is 0 Å². The van der Waals surface area contributed by atoms with Crippen molar-refractivity contribution in [2.45, 2.75) is 90.4 Å². The van der Waals surface area contributed by atoms with Crippen LogP contribution in [0.5, 0.6) is 0 Å². The summed E-state index contributed by atoms with van der Waals surface area (Å²) in [6.07, 6.45) is 8.56. The summed E-state index contributed by atoms with van der Waals surface area (Å²) in [6.45, 7) is 2.14. The van der Waals surface area contributed by atoms with Gasteiger partial charge in [0.05, 0.1) is 18.3 Å². The van der Waals surface area contributed by atoms with Gasteiger partial charge >= 0.3 is 29.8 Å². The highest BCUT2D eigenvalue weighted by Gasteiger charge is 2.68. The van der Waals surface area contributed by atoms with Crippen LogP contribution in [0.2, 0.25) is 0 Å². The number of unbranched alkanes of at least 4 members (excludes halogenated alkanes) is 8. The second kappa shape index (κ2) is 13.8. The van der Waals surface area contributed by atoms with Gasteiger partial charge in [-0.1, -0.05) is 64.0 Å². The zero-order valence-electron chi connectivity index (χ0n) is 20.3. The van der Waals surface area contributed by atoms with Crippen molar-refractivity contribution in [1.82, 2.24) is 0 Å². The standard InChI is InChI=1S/C25H38O10/c1-2-3-4-5-6-7-8-9-10-11-13-24(22(32)33,16-19(26)27)25(23(34)35)14-12-17(20(28)29)15-18(25)21(30)31/h11,13,17-18H,2-10,12,14-16H2,1H3,(H,26,27)(H,28,29)(H,30,31)(H,32,33)(H,34,35). The van der Waals surface area contributed by atoms with Crippen molar-refractivity contribution in [3.05, 3.63) is 12.2 Å². The minimum atomic E-state index is -2.56. The summed E-state index contributed by atoms with van der Waals surface area (Å²) in [5.74, 6) is -11.1. The molecule has 1 saturated carbocycles. The van der Waals surface area contributed by atoms with Crippen LogP contribution in [0, 0.1) is 22.7 Å². The fourth-order valence-corrected chi connectivity index (χ4v) is 5.32. The van der Waals surface area contributed by atoms with Crippen LogP contribution in [0.1, 0.15) is 90.4 Å². The average Bonchev–Trinajstić information content (AvgIpc) is 2.78. The van der Waals surface area contributed by atoms with Crippen molar-refractivity contribution in [1.29, 1.82) is 0 Å². The van der Waals surface area contributed by atoms with E-state index >= 15 is 0 Å². The van der Waals surface area contributed by atoms with Gasteiger partial charge in [0.25, 0.3) is 0 Å². The lowest BCUT2D eigenvalue weighted by Crippen LogP contribution is -2.60. The minimum absolute atomic E-state index is 0.272. The highest BCUT2D eigenvalue weighted by atomic mass is 16.4. The lowest BCUT2D eigenvalue weighted by molar-refractivity contribution is -0.191. The molecule has 0 aromatic heterocycles. The number of hydrogen-bond acceptors (Lipinski definition) is 5. The van der Waals surface area contributed by atoms with Gasteiger partial charge in [-0.2, -0.15) is 0 Å². The molecule has 10 nitrogen and oxygen atoms in total. The average molecular weight is 499 g/mol. The van der Waals surface area contributed by atoms with E-state index in [0.29, 0.717) is 12.8 Å². The van der Waals surface area contributed by atoms with E-state index < -0.39 is 71.8 Å². The van der Waals surface area contributed by atoms with Crippen molar-refractivity contribution in [3.8, 4) is 0 Å². The van der Waals surface area contributed by atoms with Gasteiger partial charge in [-0.05, 0) is 32.1 Å². The molecular formula is C25H38O10. The maximum Gasteiger partial charge on any atom is 0.315 e. The Kier molecular flexibility index (Phi) is 11.9. The van der Waals surface area contributed by atoms with E-state index in [9.17, 15) is 49.5 Å². The molecule has 0 spiro atoms. The summed E-state index contributed by atoms with van der Waals surface area (Å²) in [5, 5.41) is 49.1. The smallest absolute Gasteiger partial charge is 0.315 e. The summed E-state index contributed by atoms with van der Waals surface area (Å²) in [7, 11) is 0. The minimum Gasteiger partial charge on any atom is -0.481 e. The molecule has 0 aliphatic heterocycles. The van der Waals surface area contributed by atoms with Gasteiger partial charge in [0, 0.05) is 0 Å². The molecule has 1 rings (SSSR count). The Morgan fingerprint density at radius 2 is 1.43 bits per heavy atom. The Hall–Kier alpha value is -2.91. The zero-order chi connectivity index (χ0) is 26.6. The molecule has 1 aliphatic carbocycles. The number of hydrogen-bond donors (Lipinski definition) is 5. The third-order valence-electron chi connectivity index (χ3n) is 7.27. The van der Waals surface area contributed by atoms with Crippen LogP contribution in [-0.2, 0) is 24.0 Å². The summed E-state index contributed by atoms with van der Waals surface area (Å²) < 4.78 is 0. The molecule has 0 aromatic carbocycles. The number of carbonyl (C=O) groups is 5. The van der Waals surface area contributed by atoms with Crippen molar-refractivity contribution in [2.75, 3.05) is 0 Å². The van der Waals surface area contributed by atoms with E-state index in [-0.39, 0.29) is 6.42 Å². The molecule has 0 saturated heterocycles. The molecule has 198 valence electrons. The van der Waals surface area contributed by atoms with Gasteiger partial charge in [-0.3, -0.25) is 24.0 Å². The SMILES string of the molecule is CCCCCCCCCCC=CC(CC(=O)O)(C(=O)O)C1(C(=O)O)CCC(C(=O)O)CC1C(=O)O. The molecule has 0 amide bonds. The van der Waals surface area contributed by atoms with Crippen LogP contribution in [0.4, 0.5) is 0 Å². The predicted octanol–water partition coefficient (Wildman–Crippen LogP) is 4.28. The molecule has 0 bridgehead atoms. The fourth-order valence-electron chi connectivity index (χ4n) is 5.32. The van der Waals surface area contributed by atoms with Crippen LogP contribution >= 0.6 is 0 Å². The van der Waals surface area contributed by atoms with Gasteiger partial charge in [0.1, 0.15) is 10.8 Å². The fraction of sp³-hybridized carbons (Fsp3) is 0.720. The number of rotatable bonds is 17. The first-order valence-corrected chi connectivity index (χ1v) is 12.3. The summed E-state index contributed by atoms with van der Waals surface area (Å²) >= 11 is 0. The summed E-state index contributed by atoms with van der Waals surface area (Å²) in [5.41, 5.74) is -5.08. The number of allylic oxidation sites excluding steroid dienone is 1. The first-order valence-electron chi connectivity index (χ1n) is 12.3. The number of carboxylic acid groups (broad SMARTS) is 5. The topological polar surface area (TPSA) is 186 Å². The highest BCUT2D eigenvalue weighted by molar-refractivity contribution is 5.95. The molecule has 5 N–H and O–H groups in total. The zero-order valence-corrected chi connectivity index (χ0v) is 20.3. The molecule has 1 aliphatic rings. The lowest BCUT2D eigenvalue weighted by atomic mass is 9.49. The Labute approximate surface area is 205 Å². The normalized spacial score (nSPS) is 24.0. The van der Waals surface area contributed by atoms with Crippen molar-refractivity contribution >= 4 is 29.8 Å². The van der Waals surface area contributed by atoms with Crippen LogP contribution in [-0.4, -0.2) is 55.4 Å². The van der Waals surface area contributed by atoms with Gasteiger partial charge in [0.15, 0.2) is 0 Å². The van der Waals surface area contributed by atoms with Gasteiger partial charge in [-0.15, -0.1) is 0 Å². The monoisotopic (exact) mass is 498 g/mol. The third-order valence-corrected chi connectivity index (χ3v) is 7.27. The molecule has 10 heteroatoms. The second-order valence-corrected chi connectivity index (χ2v) is 9.49. The van der Waals surface area contributed by atoms with E-state index in [2.05, 4.69) is 6.92 Å². The Morgan fingerprint density at radius 1 is 0.857 bits per heavy atom. The number of carboxylic acids is 5. The van der Waals surface area contributed by atoms with Crippen LogP contribution in [0.3, 0.4) is 0 Å². The van der Waals surface area contributed by atoms with Crippen LogP contribution in [0.25, 0.3) is 0 Å². The Morgan fingerprint density at radius 3 is 1.89 bits per heavy atom. The van der Waals surface area contributed by atoms with Crippen molar-refractivity contribution in [3.63, 3.8) is 0 Å². The van der Waals surface area contributed by atoms with Crippen molar-refractivity contribution < 1.29 is 49.5 Å². The third kappa shape index (κ3) is 7.29. The summed E-state index contributed by atoms with van der Waals surface area (Å²) in [6, 6.07) is 0. The van der Waals surface area contributed by atoms with Gasteiger partial charge in [-0.25, -0.2) is 0 Å². The first kappa shape index (κ1) is 30.1. The van der Waals surface area contributed by atoms with E-state index in [1.165, 1.54) is 18.9 Å². The first-order chi connectivity index (χ1) is 16.5. The molecule has 4 atom stereocenters. The molecule has 0 radical (unpaired) electrons. The quantitative estimate of drug-likeness (QED) is 0.143. The Balaban J connectivity index is 3.24. The van der Waals surface area contributed by atoms with Crippen molar-refractivity contribution in [2.24, 2.45) is 22.7 Å². The van der Waals surface area contributed by atoms with E-state index in [4.69, 9.17) is 0 Å². The molecule has 0 heterocycles. The van der Waals surface area contributed by atoms with E-state index in [0.717, 1.165) is 38.2 Å². The predicted molar refractivity (Wildman–Crippen MR) is 125 cm³/mol. The second-order valence-electron chi connectivity index (χ2n) is 9.49. The maximum absolute atomic E-state index is 12.6. The van der Waals surface area contributed by atoms with Gasteiger partial charge < -0.3 is 25.5 Å². The molecule has 0 aromatic rings. The largest absolute Gasteiger partial charge is 0.481 e. The molecule has 4 unspecified atom stereocenters. The van der Waals surface area contributed by atoms with Crippen LogP contribution in [0.15, 0.2) is 12.2 Å². The maximum atomic E-state index is 12.6. The Bertz CT molecular complexity index is 804. The van der Waals surface area contributed by atoms with Crippen LogP contribution < -0.4 is 0 Å². The molecule has 1 fully saturated rings. The highest BCUT2D eigenvalue weighted by Crippen LogP contribution is 2.57. The van der Waals surface area contributed by atoms with E-state index in [1.54, 1.807) is 0 Å².